The van der Waals surface area contributed by atoms with E-state index < -0.39 is 11.8 Å². The molecule has 0 atom stereocenters. The zero-order chi connectivity index (χ0) is 18.7. The van der Waals surface area contributed by atoms with Gasteiger partial charge in [0.05, 0.1) is 34.4 Å². The minimum atomic E-state index is -0.712. The molecule has 0 spiro atoms. The van der Waals surface area contributed by atoms with Crippen LogP contribution < -0.4 is 10.8 Å². The number of nitrogens with two attached hydrogens (primary N) is 1. The van der Waals surface area contributed by atoms with E-state index in [0.717, 1.165) is 15.8 Å². The van der Waals surface area contributed by atoms with E-state index in [-0.39, 0.29) is 22.2 Å². The van der Waals surface area contributed by atoms with Gasteiger partial charge in [0, 0.05) is 0 Å². The van der Waals surface area contributed by atoms with E-state index in [1.165, 1.54) is 24.5 Å². The van der Waals surface area contributed by atoms with Gasteiger partial charge in [0.25, 0.3) is 5.96 Å². The minimum absolute atomic E-state index is 0.166. The van der Waals surface area contributed by atoms with Gasteiger partial charge in [-0.3, -0.25) is 5.41 Å². The number of halogens is 2. The lowest BCUT2D eigenvalue weighted by Crippen LogP contribution is -2.37. The molecule has 0 aliphatic heterocycles. The van der Waals surface area contributed by atoms with Crippen LogP contribution in [-0.2, 0) is 4.84 Å². The summed E-state index contributed by atoms with van der Waals surface area (Å²) in [6.07, 6.45) is 2.71. The molecule has 3 aromatic rings. The summed E-state index contributed by atoms with van der Waals surface area (Å²) in [6.45, 7) is 0. The van der Waals surface area contributed by atoms with E-state index in [9.17, 15) is 9.18 Å². The maximum atomic E-state index is 13.5. The van der Waals surface area contributed by atoms with Gasteiger partial charge in [-0.25, -0.2) is 13.9 Å². The molecule has 1 aromatic heterocycles. The zero-order valence-corrected chi connectivity index (χ0v) is 14.0. The number of nitrogens with zero attached hydrogens (tertiary/aromatic N) is 3. The van der Waals surface area contributed by atoms with Crippen LogP contribution in [0, 0.1) is 11.2 Å². The summed E-state index contributed by atoms with van der Waals surface area (Å²) in [4.78, 5) is 17.7. The minimum Gasteiger partial charge on any atom is -0.396 e. The molecule has 0 unspecified atom stereocenters. The van der Waals surface area contributed by atoms with Crippen molar-refractivity contribution in [3.63, 3.8) is 0 Å². The molecule has 0 radical (unpaired) electrons. The lowest BCUT2D eigenvalue weighted by Gasteiger charge is -2.23. The van der Waals surface area contributed by atoms with Crippen molar-refractivity contribution in [1.29, 1.82) is 5.41 Å². The van der Waals surface area contributed by atoms with Crippen molar-refractivity contribution in [2.45, 2.75) is 0 Å². The molecule has 2 aromatic carbocycles. The molecule has 0 aliphatic rings. The molecule has 0 saturated heterocycles. The molecule has 0 fully saturated rings. The van der Waals surface area contributed by atoms with Gasteiger partial charge in [0.2, 0.25) is 0 Å². The summed E-state index contributed by atoms with van der Waals surface area (Å²) in [6, 6.07) is 11.9. The zero-order valence-electron chi connectivity index (χ0n) is 13.3. The topological polar surface area (TPSA) is 97.2 Å². The quantitative estimate of drug-likeness (QED) is 0.408. The van der Waals surface area contributed by atoms with Gasteiger partial charge in [-0.1, -0.05) is 29.8 Å². The predicted molar refractivity (Wildman–Crippen MR) is 95.5 cm³/mol. The Morgan fingerprint density at radius 3 is 2.62 bits per heavy atom. The summed E-state index contributed by atoms with van der Waals surface area (Å²) in [5.74, 6) is -1.69. The van der Waals surface area contributed by atoms with Gasteiger partial charge in [-0.15, -0.1) is 5.06 Å². The Morgan fingerprint density at radius 2 is 2.00 bits per heavy atom. The number of rotatable bonds is 2. The number of hydrogen-bond acceptors (Lipinski definition) is 5. The third kappa shape index (κ3) is 3.65. The Labute approximate surface area is 152 Å². The summed E-state index contributed by atoms with van der Waals surface area (Å²) >= 11 is 5.81. The number of anilines is 2. The number of hydrogen-bond donors (Lipinski definition) is 2. The summed E-state index contributed by atoms with van der Waals surface area (Å²) in [5.41, 5.74) is 6.38. The Kier molecular flexibility index (Phi) is 4.85. The highest BCUT2D eigenvalue weighted by Crippen LogP contribution is 2.24. The van der Waals surface area contributed by atoms with Crippen molar-refractivity contribution in [2.24, 2.45) is 0 Å². The highest BCUT2D eigenvalue weighted by molar-refractivity contribution is 6.31. The molecule has 26 heavy (non-hydrogen) atoms. The first-order valence-corrected chi connectivity index (χ1v) is 7.75. The van der Waals surface area contributed by atoms with Crippen LogP contribution in [0.1, 0.15) is 10.4 Å². The van der Waals surface area contributed by atoms with Crippen LogP contribution in [-0.4, -0.2) is 21.7 Å². The van der Waals surface area contributed by atoms with Gasteiger partial charge in [0.1, 0.15) is 5.82 Å². The smallest absolute Gasteiger partial charge is 0.363 e. The SMILES string of the molecule is N=C(N(OC(=O)c1ccccc1)c1ccc(F)c(Cl)c1)n1cc(N)cn1. The van der Waals surface area contributed by atoms with E-state index in [1.807, 2.05) is 0 Å². The molecule has 0 aliphatic carbocycles. The van der Waals surface area contributed by atoms with E-state index >= 15 is 0 Å². The molecule has 0 saturated carbocycles. The molecule has 0 bridgehead atoms. The third-order valence-corrected chi connectivity index (χ3v) is 3.62. The highest BCUT2D eigenvalue weighted by atomic mass is 35.5. The fraction of sp³-hybridized carbons (Fsp3) is 0. The Morgan fingerprint density at radius 1 is 1.27 bits per heavy atom. The maximum Gasteiger partial charge on any atom is 0.363 e. The molecule has 7 nitrogen and oxygen atoms in total. The number of hydroxylamine groups is 1. The van der Waals surface area contributed by atoms with E-state index in [2.05, 4.69) is 5.10 Å². The lowest BCUT2D eigenvalue weighted by atomic mass is 10.2. The fourth-order valence-corrected chi connectivity index (χ4v) is 2.26. The summed E-state index contributed by atoms with van der Waals surface area (Å²) in [5, 5.41) is 12.9. The molecule has 132 valence electrons. The maximum absolute atomic E-state index is 13.5. The molecule has 1 heterocycles. The number of carbonyl (C=O) groups excluding carboxylic acids is 1. The second-order valence-corrected chi connectivity index (χ2v) is 5.59. The van der Waals surface area contributed by atoms with Gasteiger partial charge in [-0.05, 0) is 30.3 Å². The van der Waals surface area contributed by atoms with Crippen LogP contribution in [0.3, 0.4) is 0 Å². The summed E-state index contributed by atoms with van der Waals surface area (Å²) in [7, 11) is 0. The average molecular weight is 374 g/mol. The molecule has 0 amide bonds. The molecular weight excluding hydrogens is 361 g/mol. The third-order valence-electron chi connectivity index (χ3n) is 3.33. The van der Waals surface area contributed by atoms with Gasteiger partial charge >= 0.3 is 5.97 Å². The highest BCUT2D eigenvalue weighted by Gasteiger charge is 2.22. The Bertz CT molecular complexity index is 961. The lowest BCUT2D eigenvalue weighted by molar-refractivity contribution is 0.0512. The van der Waals surface area contributed by atoms with Crippen LogP contribution in [0.5, 0.6) is 0 Å². The monoisotopic (exact) mass is 373 g/mol. The average Bonchev–Trinajstić information content (AvgIpc) is 3.08. The fourth-order valence-electron chi connectivity index (χ4n) is 2.09. The first-order valence-electron chi connectivity index (χ1n) is 7.37. The first-order chi connectivity index (χ1) is 12.5. The van der Waals surface area contributed by atoms with Crippen molar-refractivity contribution in [1.82, 2.24) is 9.78 Å². The van der Waals surface area contributed by atoms with E-state index in [0.29, 0.717) is 5.69 Å². The van der Waals surface area contributed by atoms with Crippen LogP contribution in [0.25, 0.3) is 0 Å². The van der Waals surface area contributed by atoms with Crippen LogP contribution >= 0.6 is 11.6 Å². The van der Waals surface area contributed by atoms with Crippen molar-refractivity contribution >= 4 is 34.9 Å². The first kappa shape index (κ1) is 17.4. The van der Waals surface area contributed by atoms with Gasteiger partial charge in [-0.2, -0.15) is 5.10 Å². The van der Waals surface area contributed by atoms with Crippen LogP contribution in [0.2, 0.25) is 5.02 Å². The van der Waals surface area contributed by atoms with Crippen LogP contribution in [0.4, 0.5) is 15.8 Å². The molecule has 9 heteroatoms. The largest absolute Gasteiger partial charge is 0.396 e. The Hall–Kier alpha value is -3.39. The number of nitrogens with one attached hydrogen (secondary N) is 1. The number of aromatic nitrogens is 2. The van der Waals surface area contributed by atoms with Gasteiger partial charge < -0.3 is 10.6 Å². The van der Waals surface area contributed by atoms with Crippen molar-refractivity contribution < 1.29 is 14.0 Å². The summed E-state index contributed by atoms with van der Waals surface area (Å²) < 4.78 is 14.6. The second-order valence-electron chi connectivity index (χ2n) is 5.18. The van der Waals surface area contributed by atoms with E-state index in [4.69, 9.17) is 27.6 Å². The second kappa shape index (κ2) is 7.24. The van der Waals surface area contributed by atoms with Crippen molar-refractivity contribution in [2.75, 3.05) is 10.8 Å². The molecule has 3 rings (SSSR count). The normalized spacial score (nSPS) is 10.4. The Balaban J connectivity index is 1.96. The number of carbonyl (C=O) groups is 1. The van der Waals surface area contributed by atoms with Crippen molar-refractivity contribution in [3.8, 4) is 0 Å². The van der Waals surface area contributed by atoms with E-state index in [1.54, 1.807) is 30.3 Å². The van der Waals surface area contributed by atoms with Crippen LogP contribution in [0.15, 0.2) is 60.9 Å². The predicted octanol–water partition coefficient (Wildman–Crippen LogP) is 3.32. The molecular formula is C17H13ClFN5O2. The molecule has 3 N–H and O–H groups in total. The standard InChI is InChI=1S/C17H13ClFN5O2/c18-14-8-13(6-7-15(14)19)24(17(21)23-10-12(20)9-22-23)26-16(25)11-4-2-1-3-5-11/h1-10,21H,20H2. The number of nitrogen functional groups attached to an aromatic ring is 1. The number of benzene rings is 2. The van der Waals surface area contributed by atoms with Gasteiger partial charge in [0.15, 0.2) is 0 Å². The van der Waals surface area contributed by atoms with Crippen molar-refractivity contribution in [3.05, 3.63) is 77.3 Å².